The molecule has 0 saturated carbocycles. The number of benzene rings is 2. The molecular formula is C27H25BrF3N5O4S. The summed E-state index contributed by atoms with van der Waals surface area (Å²) in [5.41, 5.74) is 0.874. The highest BCUT2D eigenvalue weighted by molar-refractivity contribution is 9.10. The summed E-state index contributed by atoms with van der Waals surface area (Å²) < 4.78 is 64.0. The largest absolute Gasteiger partial charge is 0.448 e. The number of carbonyl (C=O) groups excluding carboxylic acids is 2. The number of fused-ring (bicyclic) bond motifs is 1. The van der Waals surface area contributed by atoms with Gasteiger partial charge in [-0.05, 0) is 62.7 Å². The van der Waals surface area contributed by atoms with Crippen LogP contribution in [0.1, 0.15) is 39.9 Å². The van der Waals surface area contributed by atoms with Gasteiger partial charge in [-0.15, -0.1) is 4.36 Å². The second-order valence-electron chi connectivity index (χ2n) is 9.11. The number of amides is 2. The van der Waals surface area contributed by atoms with Crippen LogP contribution in [0.15, 0.2) is 62.3 Å². The third-order valence-corrected chi connectivity index (χ3v) is 8.27. The topological polar surface area (TPSA) is 116 Å². The number of hydrogen-bond acceptors (Lipinski definition) is 6. The van der Waals surface area contributed by atoms with Gasteiger partial charge in [0.15, 0.2) is 0 Å². The molecule has 0 bridgehead atoms. The van der Waals surface area contributed by atoms with E-state index in [1.54, 1.807) is 61.9 Å². The van der Waals surface area contributed by atoms with Crippen LogP contribution in [0.3, 0.4) is 0 Å². The Bertz CT molecular complexity index is 1780. The molecule has 1 N–H and O–H groups in total. The highest BCUT2D eigenvalue weighted by atomic mass is 79.9. The van der Waals surface area contributed by atoms with Crippen molar-refractivity contribution in [2.24, 2.45) is 4.36 Å². The molecule has 2 heterocycles. The van der Waals surface area contributed by atoms with Gasteiger partial charge in [-0.25, -0.2) is 14.0 Å². The SMILES string of the molecule is CCOC(=O)N=S(C)(=O)c1ccc(Cn2nc(C)c(NC(=O)c3cc(C(F)(F)F)nc4ccc(Br)cc34)c2C)cc1. The average molecular weight is 652 g/mol. The number of ether oxygens (including phenoxy) is 1. The Morgan fingerprint density at radius 1 is 1.12 bits per heavy atom. The Morgan fingerprint density at radius 3 is 2.44 bits per heavy atom. The van der Waals surface area contributed by atoms with Crippen LogP contribution in [0, 0.1) is 13.8 Å². The molecule has 9 nitrogen and oxygen atoms in total. The average Bonchev–Trinajstić information content (AvgIpc) is 3.14. The Kier molecular flexibility index (Phi) is 8.54. The zero-order chi connectivity index (χ0) is 30.1. The molecule has 2 aromatic heterocycles. The smallest absolute Gasteiger partial charge is 0.442 e. The van der Waals surface area contributed by atoms with Crippen molar-refractivity contribution in [2.45, 2.75) is 38.4 Å². The van der Waals surface area contributed by atoms with Crippen LogP contribution in [0.25, 0.3) is 10.9 Å². The number of alkyl halides is 3. The number of nitrogens with zero attached hydrogens (tertiary/aromatic N) is 4. The number of rotatable bonds is 6. The molecule has 1 atom stereocenters. The number of anilines is 1. The maximum Gasteiger partial charge on any atom is 0.442 e. The van der Waals surface area contributed by atoms with E-state index in [1.807, 2.05) is 0 Å². The monoisotopic (exact) mass is 651 g/mol. The molecule has 1 unspecified atom stereocenters. The standard InChI is InChI=1S/C27H25BrF3N5O4S/c1-5-40-26(38)35-41(4,39)19-9-6-17(7-10-19)14-36-16(3)24(15(2)34-36)33-25(37)21-13-23(27(29,30)31)32-22-11-8-18(28)12-20(21)22/h6-13H,5,14H2,1-4H3,(H,33,37). The van der Waals surface area contributed by atoms with Gasteiger partial charge in [-0.2, -0.15) is 18.3 Å². The summed E-state index contributed by atoms with van der Waals surface area (Å²) in [5, 5.41) is 7.46. The van der Waals surface area contributed by atoms with Crippen LogP contribution < -0.4 is 5.32 Å². The zero-order valence-electron chi connectivity index (χ0n) is 22.4. The highest BCUT2D eigenvalue weighted by Crippen LogP contribution is 2.33. The Labute approximate surface area is 242 Å². The van der Waals surface area contributed by atoms with Crippen LogP contribution in [-0.4, -0.2) is 43.8 Å². The van der Waals surface area contributed by atoms with Crippen molar-refractivity contribution in [1.82, 2.24) is 14.8 Å². The van der Waals surface area contributed by atoms with E-state index in [2.05, 4.69) is 35.7 Å². The minimum atomic E-state index is -4.74. The van der Waals surface area contributed by atoms with E-state index in [1.165, 1.54) is 12.3 Å². The summed E-state index contributed by atoms with van der Waals surface area (Å²) in [7, 11) is -3.00. The van der Waals surface area contributed by atoms with Gasteiger partial charge in [0.1, 0.15) is 5.69 Å². The minimum Gasteiger partial charge on any atom is -0.448 e. The molecule has 0 aliphatic carbocycles. The summed E-state index contributed by atoms with van der Waals surface area (Å²) in [5.74, 6) is -0.737. The number of aromatic nitrogens is 3. The van der Waals surface area contributed by atoms with Crippen molar-refractivity contribution in [2.75, 3.05) is 18.2 Å². The molecule has 41 heavy (non-hydrogen) atoms. The summed E-state index contributed by atoms with van der Waals surface area (Å²) in [6, 6.07) is 11.9. The summed E-state index contributed by atoms with van der Waals surface area (Å²) in [6.07, 6.45) is -4.29. The lowest BCUT2D eigenvalue weighted by Gasteiger charge is -2.13. The first-order valence-corrected chi connectivity index (χ1v) is 14.9. The molecular weight excluding hydrogens is 627 g/mol. The predicted octanol–water partition coefficient (Wildman–Crippen LogP) is 6.74. The zero-order valence-corrected chi connectivity index (χ0v) is 24.8. The minimum absolute atomic E-state index is 0.0341. The maximum absolute atomic E-state index is 13.5. The Morgan fingerprint density at radius 2 is 1.80 bits per heavy atom. The Hall–Kier alpha value is -3.78. The van der Waals surface area contributed by atoms with Crippen molar-refractivity contribution in [3.63, 3.8) is 0 Å². The molecule has 0 fully saturated rings. The van der Waals surface area contributed by atoms with E-state index in [-0.39, 0.29) is 29.6 Å². The second kappa shape index (κ2) is 11.6. The van der Waals surface area contributed by atoms with Crippen molar-refractivity contribution in [1.29, 1.82) is 0 Å². The molecule has 0 spiro atoms. The highest BCUT2D eigenvalue weighted by Gasteiger charge is 2.34. The molecule has 4 rings (SSSR count). The summed E-state index contributed by atoms with van der Waals surface area (Å²) in [6.45, 7) is 5.43. The quantitative estimate of drug-likeness (QED) is 0.247. The molecule has 0 saturated heterocycles. The van der Waals surface area contributed by atoms with E-state index in [9.17, 15) is 27.0 Å². The maximum atomic E-state index is 13.5. The molecule has 2 amide bonds. The number of aryl methyl sites for hydroxylation is 1. The van der Waals surface area contributed by atoms with Crippen molar-refractivity contribution in [3.05, 3.63) is 81.2 Å². The summed E-state index contributed by atoms with van der Waals surface area (Å²) >= 11 is 3.29. The fourth-order valence-electron chi connectivity index (χ4n) is 4.11. The molecule has 0 aliphatic heterocycles. The van der Waals surface area contributed by atoms with Gasteiger partial charge in [0.2, 0.25) is 0 Å². The van der Waals surface area contributed by atoms with Crippen molar-refractivity contribution < 1.29 is 31.7 Å². The van der Waals surface area contributed by atoms with Crippen LogP contribution in [0.5, 0.6) is 0 Å². The predicted molar refractivity (Wildman–Crippen MR) is 151 cm³/mol. The van der Waals surface area contributed by atoms with Gasteiger partial charge in [-0.3, -0.25) is 9.48 Å². The molecule has 4 aromatic rings. The van der Waals surface area contributed by atoms with E-state index in [4.69, 9.17) is 4.74 Å². The molecule has 0 aliphatic rings. The van der Waals surface area contributed by atoms with E-state index in [0.29, 0.717) is 26.4 Å². The molecule has 14 heteroatoms. The first-order chi connectivity index (χ1) is 19.2. The molecule has 0 radical (unpaired) electrons. The number of nitrogens with one attached hydrogen (secondary N) is 1. The van der Waals surface area contributed by atoms with Crippen molar-refractivity contribution in [3.8, 4) is 0 Å². The Balaban J connectivity index is 1.61. The number of pyridine rings is 1. The van der Waals surface area contributed by atoms with Gasteiger partial charge < -0.3 is 10.1 Å². The third-order valence-electron chi connectivity index (χ3n) is 6.14. The van der Waals surface area contributed by atoms with Crippen LogP contribution >= 0.6 is 15.9 Å². The number of hydrogen-bond donors (Lipinski definition) is 1. The van der Waals surface area contributed by atoms with Gasteiger partial charge in [0.25, 0.3) is 5.91 Å². The first-order valence-electron chi connectivity index (χ1n) is 12.2. The second-order valence-corrected chi connectivity index (χ2v) is 12.3. The fraction of sp³-hybridized carbons (Fsp3) is 0.259. The number of carbonyl (C=O) groups is 2. The van der Waals surface area contributed by atoms with Crippen LogP contribution in [-0.2, 0) is 27.2 Å². The molecule has 216 valence electrons. The van der Waals surface area contributed by atoms with Gasteiger partial charge >= 0.3 is 12.3 Å². The van der Waals surface area contributed by atoms with E-state index < -0.39 is 33.6 Å². The van der Waals surface area contributed by atoms with Gasteiger partial charge in [-0.1, -0.05) is 28.1 Å². The molecule has 2 aromatic carbocycles. The lowest BCUT2D eigenvalue weighted by Crippen LogP contribution is -2.17. The first kappa shape index (κ1) is 30.2. The summed E-state index contributed by atoms with van der Waals surface area (Å²) in [4.78, 5) is 29.0. The lowest BCUT2D eigenvalue weighted by molar-refractivity contribution is -0.141. The van der Waals surface area contributed by atoms with E-state index >= 15 is 0 Å². The van der Waals surface area contributed by atoms with Gasteiger partial charge in [0.05, 0.1) is 51.0 Å². The fourth-order valence-corrected chi connectivity index (χ4v) is 5.55. The third kappa shape index (κ3) is 6.76. The van der Waals surface area contributed by atoms with Gasteiger partial charge in [0, 0.05) is 21.0 Å². The van der Waals surface area contributed by atoms with Crippen molar-refractivity contribution >= 4 is 54.2 Å². The van der Waals surface area contributed by atoms with Crippen LogP contribution in [0.2, 0.25) is 0 Å². The number of halogens is 4. The van der Waals surface area contributed by atoms with Crippen LogP contribution in [0.4, 0.5) is 23.7 Å². The van der Waals surface area contributed by atoms with E-state index in [0.717, 1.165) is 11.6 Å². The lowest BCUT2D eigenvalue weighted by atomic mass is 10.1. The normalized spacial score (nSPS) is 13.1.